The first-order valence-electron chi connectivity index (χ1n) is 12.4. The van der Waals surface area contributed by atoms with Crippen LogP contribution < -0.4 is 5.32 Å². The molecule has 1 N–H and O–H groups in total. The maximum atomic E-state index is 13.2. The highest BCUT2D eigenvalue weighted by atomic mass is 16.2. The maximum Gasteiger partial charge on any atom is 0.262 e. The van der Waals surface area contributed by atoms with Crippen LogP contribution >= 0.6 is 0 Å². The number of nitrogens with zero attached hydrogens (tertiary/aromatic N) is 2. The number of likely N-dealkylation sites (N-methyl/N-ethyl adjacent to an activating group) is 1. The molecule has 2 aliphatic heterocycles. The lowest BCUT2D eigenvalue weighted by Crippen LogP contribution is -2.48. The molecule has 4 rings (SSSR count). The Morgan fingerprint density at radius 1 is 0.972 bits per heavy atom. The van der Waals surface area contributed by atoms with Gasteiger partial charge < -0.3 is 14.9 Å². The molecule has 8 nitrogen and oxygen atoms in total. The van der Waals surface area contributed by atoms with Crippen molar-refractivity contribution in [3.05, 3.63) is 70.3 Å². The lowest BCUT2D eigenvalue weighted by Gasteiger charge is -2.32. The van der Waals surface area contributed by atoms with E-state index in [0.717, 1.165) is 54.8 Å². The van der Waals surface area contributed by atoms with Crippen LogP contribution in [0.5, 0.6) is 0 Å². The van der Waals surface area contributed by atoms with Crippen LogP contribution in [-0.4, -0.2) is 66.3 Å². The number of fused-ring (bicyclic) bond motifs is 1. The number of hydrogen-bond acceptors (Lipinski definition) is 6. The summed E-state index contributed by atoms with van der Waals surface area (Å²) in [6, 6.07) is 12.5. The van der Waals surface area contributed by atoms with Crippen LogP contribution in [0.4, 0.5) is 0 Å². The van der Waals surface area contributed by atoms with Crippen molar-refractivity contribution in [1.82, 2.24) is 15.1 Å². The molecule has 1 fully saturated rings. The van der Waals surface area contributed by atoms with E-state index in [4.69, 9.17) is 0 Å². The van der Waals surface area contributed by atoms with Gasteiger partial charge in [-0.1, -0.05) is 30.3 Å². The number of imide groups is 1. The summed E-state index contributed by atoms with van der Waals surface area (Å²) in [6.07, 6.45) is 4.08. The second-order valence-corrected chi connectivity index (χ2v) is 9.40. The van der Waals surface area contributed by atoms with E-state index in [2.05, 4.69) is 22.3 Å². The first-order chi connectivity index (χ1) is 17.5. The fourth-order valence-electron chi connectivity index (χ4n) is 5.14. The van der Waals surface area contributed by atoms with Crippen molar-refractivity contribution in [2.75, 3.05) is 20.1 Å². The van der Waals surface area contributed by atoms with E-state index in [1.54, 1.807) is 6.07 Å². The van der Waals surface area contributed by atoms with Crippen molar-refractivity contribution in [1.29, 1.82) is 0 Å². The molecule has 1 saturated heterocycles. The first-order valence-corrected chi connectivity index (χ1v) is 12.4. The average molecular weight is 490 g/mol. The number of amides is 3. The highest BCUT2D eigenvalue weighted by Crippen LogP contribution is 2.33. The van der Waals surface area contributed by atoms with Crippen molar-refractivity contribution in [3.63, 3.8) is 0 Å². The van der Waals surface area contributed by atoms with Gasteiger partial charge in [-0.05, 0) is 67.1 Å². The normalized spacial score (nSPS) is 17.1. The molecule has 0 radical (unpaired) electrons. The summed E-state index contributed by atoms with van der Waals surface area (Å²) in [6.45, 7) is 2.68. The summed E-state index contributed by atoms with van der Waals surface area (Å²) in [5, 5.41) is 2.49. The largest absolute Gasteiger partial charge is 0.357 e. The number of aldehydes is 2. The van der Waals surface area contributed by atoms with Crippen molar-refractivity contribution >= 4 is 30.3 Å². The minimum absolute atomic E-state index is 0.0816. The first kappa shape index (κ1) is 25.4. The molecule has 1 unspecified atom stereocenters. The molecule has 0 aromatic heterocycles. The molecule has 0 aliphatic carbocycles. The smallest absolute Gasteiger partial charge is 0.262 e. The molecule has 0 spiro atoms. The van der Waals surface area contributed by atoms with Gasteiger partial charge in [0, 0.05) is 26.4 Å². The zero-order valence-electron chi connectivity index (χ0n) is 20.4. The van der Waals surface area contributed by atoms with Crippen LogP contribution in [0.15, 0.2) is 42.5 Å². The van der Waals surface area contributed by atoms with Gasteiger partial charge in [0.2, 0.25) is 5.91 Å². The average Bonchev–Trinajstić information content (AvgIpc) is 3.15. The summed E-state index contributed by atoms with van der Waals surface area (Å²) in [7, 11) is 1.45. The Hall–Kier alpha value is -3.65. The topological polar surface area (TPSA) is 104 Å². The van der Waals surface area contributed by atoms with Gasteiger partial charge in [-0.15, -0.1) is 0 Å². The number of carbonyl (C=O) groups excluding carboxylic acids is 5. The molecule has 0 bridgehead atoms. The summed E-state index contributed by atoms with van der Waals surface area (Å²) in [4.78, 5) is 63.5. The predicted molar refractivity (Wildman–Crippen MR) is 134 cm³/mol. The van der Waals surface area contributed by atoms with Crippen LogP contribution in [0, 0.1) is 0 Å². The number of nitrogens with one attached hydrogen (secondary N) is 1. The Kier molecular flexibility index (Phi) is 8.05. The van der Waals surface area contributed by atoms with E-state index in [1.807, 2.05) is 24.3 Å². The molecule has 3 amide bonds. The lowest BCUT2D eigenvalue weighted by molar-refractivity contribution is -0.124. The Balaban J connectivity index is 1.42. The van der Waals surface area contributed by atoms with E-state index in [-0.39, 0.29) is 18.8 Å². The molecule has 2 heterocycles. The lowest BCUT2D eigenvalue weighted by atomic mass is 9.87. The third-order valence-electron chi connectivity index (χ3n) is 7.17. The fourth-order valence-corrected chi connectivity index (χ4v) is 5.14. The van der Waals surface area contributed by atoms with Crippen molar-refractivity contribution in [3.8, 4) is 0 Å². The SMILES string of the molecule is CNC(=O)C(CCC=O)N1C(=O)c2ccc(C3CCN(Cc4ccc(CC=O)cc4)CC3)cc2C1=O. The molecule has 36 heavy (non-hydrogen) atoms. The Labute approximate surface area is 210 Å². The van der Waals surface area contributed by atoms with Crippen LogP contribution in [0.1, 0.15) is 69.0 Å². The van der Waals surface area contributed by atoms with E-state index in [1.165, 1.54) is 12.6 Å². The van der Waals surface area contributed by atoms with Crippen LogP contribution in [0.3, 0.4) is 0 Å². The molecule has 188 valence electrons. The maximum absolute atomic E-state index is 13.2. The van der Waals surface area contributed by atoms with E-state index >= 15 is 0 Å². The molecule has 2 aliphatic rings. The van der Waals surface area contributed by atoms with E-state index < -0.39 is 23.8 Å². The van der Waals surface area contributed by atoms with Crippen LogP contribution in [0.2, 0.25) is 0 Å². The van der Waals surface area contributed by atoms with Crippen molar-refractivity contribution in [2.45, 2.75) is 50.6 Å². The fraction of sp³-hybridized carbons (Fsp3) is 0.393. The monoisotopic (exact) mass is 489 g/mol. The zero-order valence-corrected chi connectivity index (χ0v) is 20.4. The van der Waals surface area contributed by atoms with Crippen LogP contribution in [0.25, 0.3) is 0 Å². The van der Waals surface area contributed by atoms with Gasteiger partial charge in [0.05, 0.1) is 11.1 Å². The Bertz CT molecular complexity index is 1150. The molecule has 0 saturated carbocycles. The molecule has 2 aromatic carbocycles. The van der Waals surface area contributed by atoms with Crippen LogP contribution in [-0.2, 0) is 27.3 Å². The highest BCUT2D eigenvalue weighted by molar-refractivity contribution is 6.23. The minimum Gasteiger partial charge on any atom is -0.357 e. The number of benzene rings is 2. The van der Waals surface area contributed by atoms with Gasteiger partial charge in [0.1, 0.15) is 18.6 Å². The number of piperidine rings is 1. The third-order valence-corrected chi connectivity index (χ3v) is 7.17. The molecular weight excluding hydrogens is 458 g/mol. The number of carbonyl (C=O) groups is 5. The van der Waals surface area contributed by atoms with Gasteiger partial charge in [-0.25, -0.2) is 0 Å². The number of rotatable bonds is 10. The minimum atomic E-state index is -1.01. The molecule has 1 atom stereocenters. The highest BCUT2D eigenvalue weighted by Gasteiger charge is 2.42. The number of hydrogen-bond donors (Lipinski definition) is 1. The predicted octanol–water partition coefficient (Wildman–Crippen LogP) is 2.50. The molecular formula is C28H31N3O5. The molecule has 2 aromatic rings. The Morgan fingerprint density at radius 3 is 2.28 bits per heavy atom. The van der Waals surface area contributed by atoms with Gasteiger partial charge in [0.15, 0.2) is 0 Å². The summed E-state index contributed by atoms with van der Waals surface area (Å²) in [5.41, 5.74) is 3.89. The van der Waals surface area contributed by atoms with Gasteiger partial charge in [-0.3, -0.25) is 24.2 Å². The quantitative estimate of drug-likeness (QED) is 0.406. The zero-order chi connectivity index (χ0) is 25.7. The van der Waals surface area contributed by atoms with Crippen molar-refractivity contribution in [2.24, 2.45) is 0 Å². The summed E-state index contributed by atoms with van der Waals surface area (Å²) < 4.78 is 0. The van der Waals surface area contributed by atoms with E-state index in [9.17, 15) is 24.0 Å². The second kappa shape index (κ2) is 11.4. The summed E-state index contributed by atoms with van der Waals surface area (Å²) >= 11 is 0. The van der Waals surface area contributed by atoms with E-state index in [0.29, 0.717) is 23.8 Å². The van der Waals surface area contributed by atoms with Gasteiger partial charge in [-0.2, -0.15) is 0 Å². The Morgan fingerprint density at radius 2 is 1.64 bits per heavy atom. The standard InChI is InChI=1S/C28H31N3O5/c1-29-26(34)25(3-2-15-32)31-27(35)23-9-8-22(17-24(23)28(31)36)21-10-13-30(14-11-21)18-20-6-4-19(5-7-20)12-16-33/h4-9,15-17,21,25H,2-3,10-14,18H2,1H3,(H,29,34). The molecule has 8 heteroatoms. The van der Waals surface area contributed by atoms with Crippen molar-refractivity contribution < 1.29 is 24.0 Å². The summed E-state index contributed by atoms with van der Waals surface area (Å²) in [5.74, 6) is -1.15. The third kappa shape index (κ3) is 5.28. The number of likely N-dealkylation sites (tertiary alicyclic amines) is 1. The van der Waals surface area contributed by atoms with Gasteiger partial charge in [0.25, 0.3) is 11.8 Å². The van der Waals surface area contributed by atoms with Gasteiger partial charge >= 0.3 is 0 Å². The second-order valence-electron chi connectivity index (χ2n) is 9.40.